The lowest BCUT2D eigenvalue weighted by atomic mass is 10.2. The molecule has 0 aliphatic carbocycles. The molecule has 0 heterocycles. The van der Waals surface area contributed by atoms with E-state index < -0.39 is 82.5 Å². The minimum Gasteiger partial charge on any atom is -0.265 e. The third-order valence-corrected chi connectivity index (χ3v) is 4.11. The number of carbonyl (C=O) groups is 1. The average Bonchev–Trinajstić information content (AvgIpc) is 2.66. The molecule has 0 aromatic heterocycles. The van der Waals surface area contributed by atoms with Crippen molar-refractivity contribution in [2.75, 3.05) is 6.61 Å². The van der Waals surface area contributed by atoms with E-state index in [9.17, 15) is 92.3 Å². The first-order valence-corrected chi connectivity index (χ1v) is 9.71. The summed E-state index contributed by atoms with van der Waals surface area (Å²) in [5.41, 5.74) is 0. The number of carbonyl (C=O) groups excluding carboxylic acids is 1. The predicted molar refractivity (Wildman–Crippen MR) is 77.8 cm³/mol. The molecule has 0 aliphatic rings. The highest BCUT2D eigenvalue weighted by Gasteiger charge is 2.85. The fourth-order valence-electron chi connectivity index (χ4n) is 1.74. The van der Waals surface area contributed by atoms with Gasteiger partial charge >= 0.3 is 64.7 Å². The molecule has 3 unspecified atom stereocenters. The van der Waals surface area contributed by atoms with Crippen LogP contribution in [0.5, 0.6) is 0 Å². The molecule has 0 saturated heterocycles. The Morgan fingerprint density at radius 3 is 1.46 bits per heavy atom. The number of rotatable bonds is 11. The molecule has 0 aromatic carbocycles. The maximum atomic E-state index is 14.3. The summed E-state index contributed by atoms with van der Waals surface area (Å²) in [6.45, 7) is -2.01. The zero-order valence-electron chi connectivity index (χ0n) is 17.3. The van der Waals surface area contributed by atoms with Crippen LogP contribution in [-0.2, 0) is 28.9 Å². The molecule has 0 spiro atoms. The van der Waals surface area contributed by atoms with Gasteiger partial charge in [-0.25, -0.2) is 4.18 Å². The minimum atomic E-state index is -8.29. The molecule has 39 heavy (non-hydrogen) atoms. The van der Waals surface area contributed by atoms with E-state index in [1.165, 1.54) is 4.74 Å². The largest absolute Gasteiger partial charge is 0.462 e. The number of ether oxygens (including phenoxy) is 2. The highest BCUT2D eigenvalue weighted by Crippen LogP contribution is 2.56. The second-order valence-corrected chi connectivity index (χ2v) is 7.76. The van der Waals surface area contributed by atoms with E-state index in [1.54, 1.807) is 4.74 Å². The Balaban J connectivity index is 6.79. The summed E-state index contributed by atoms with van der Waals surface area (Å²) in [4.78, 5) is 11.5. The van der Waals surface area contributed by atoms with Crippen LogP contribution < -0.4 is 0 Å². The molecule has 0 bridgehead atoms. The lowest BCUT2D eigenvalue weighted by molar-refractivity contribution is -0.548. The van der Waals surface area contributed by atoms with Crippen LogP contribution in [0.3, 0.4) is 0 Å². The molecular formula is C12H7F18NO7S. The summed E-state index contributed by atoms with van der Waals surface area (Å²) in [6, 6.07) is -2.96. The Kier molecular flexibility index (Phi) is 9.90. The van der Waals surface area contributed by atoms with Crippen LogP contribution in [0, 0.1) is 0 Å². The van der Waals surface area contributed by atoms with E-state index in [0.29, 0.717) is 0 Å². The van der Waals surface area contributed by atoms with Gasteiger partial charge in [0.25, 0.3) is 0 Å². The van der Waals surface area contributed by atoms with Gasteiger partial charge in [-0.2, -0.15) is 88.2 Å². The third-order valence-electron chi connectivity index (χ3n) is 3.68. The van der Waals surface area contributed by atoms with Gasteiger partial charge in [-0.1, -0.05) is 4.48 Å². The zero-order chi connectivity index (χ0) is 32.1. The lowest BCUT2D eigenvalue weighted by Gasteiger charge is -2.40. The first-order valence-electron chi connectivity index (χ1n) is 8.34. The first-order chi connectivity index (χ1) is 16.6. The zero-order valence-corrected chi connectivity index (χ0v) is 18.2. The third kappa shape index (κ3) is 7.40. The van der Waals surface area contributed by atoms with Gasteiger partial charge < -0.3 is 0 Å². The van der Waals surface area contributed by atoms with Crippen molar-refractivity contribution >= 4 is 16.3 Å². The number of alkyl halides is 17. The molecule has 0 saturated carbocycles. The molecule has 0 radical (unpaired) electrons. The second kappa shape index (κ2) is 10.4. The van der Waals surface area contributed by atoms with Gasteiger partial charge in [0, 0.05) is 0 Å². The number of hydrogen-bond donors (Lipinski definition) is 1. The Morgan fingerprint density at radius 2 is 1.15 bits per heavy atom. The summed E-state index contributed by atoms with van der Waals surface area (Å²) in [6.07, 6.45) is -39.7. The number of nitrogens with zero attached hydrogens (tertiary/aromatic N) is 1. The molecule has 0 fully saturated rings. The van der Waals surface area contributed by atoms with Crippen LogP contribution >= 0.6 is 0 Å². The van der Waals surface area contributed by atoms with E-state index in [4.69, 9.17) is 4.55 Å². The standard InChI is InChI=1S/C12H7F18NO7S/c1-3(2-36-39(33,34)35)31(30)4(32)5(13,8(17,18)19)37-12(28,29)7(16,10(23,24)25)38-11(26,27)6(14,15)9(20,21)22/h3H,2H2,1H3,(H,33,34,35). The van der Waals surface area contributed by atoms with Crippen LogP contribution in [0.4, 0.5) is 79.1 Å². The minimum absolute atomic E-state index is 0.00999. The van der Waals surface area contributed by atoms with Crippen molar-refractivity contribution in [3.8, 4) is 0 Å². The van der Waals surface area contributed by atoms with Gasteiger partial charge in [-0.05, 0) is 6.92 Å². The van der Waals surface area contributed by atoms with E-state index in [1.807, 2.05) is 0 Å². The summed E-state index contributed by atoms with van der Waals surface area (Å²) in [5, 5.41) is -2.34. The second-order valence-electron chi connectivity index (χ2n) is 6.67. The van der Waals surface area contributed by atoms with Crippen molar-refractivity contribution in [3.63, 3.8) is 0 Å². The van der Waals surface area contributed by atoms with E-state index in [0.717, 1.165) is 0 Å². The first kappa shape index (κ1) is 37.0. The maximum Gasteiger partial charge on any atom is 0.462 e. The van der Waals surface area contributed by atoms with Crippen molar-refractivity contribution in [3.05, 3.63) is 0 Å². The molecule has 3 atom stereocenters. The molecule has 1 N–H and O–H groups in total. The van der Waals surface area contributed by atoms with Crippen LogP contribution in [0.15, 0.2) is 0 Å². The normalized spacial score (nSPS) is 18.8. The van der Waals surface area contributed by atoms with Gasteiger partial charge in [-0.3, -0.25) is 18.8 Å². The fourth-order valence-corrected chi connectivity index (χ4v) is 2.11. The predicted octanol–water partition coefficient (Wildman–Crippen LogP) is 4.78. The number of halogens is 18. The summed E-state index contributed by atoms with van der Waals surface area (Å²) < 4.78 is 270. The van der Waals surface area contributed by atoms with Crippen molar-refractivity contribution in [2.24, 2.45) is 0 Å². The Labute approximate surface area is 201 Å². The maximum absolute atomic E-state index is 14.3. The Hall–Kier alpha value is -2.00. The van der Waals surface area contributed by atoms with Crippen molar-refractivity contribution in [1.82, 2.24) is 5.12 Å². The van der Waals surface area contributed by atoms with Gasteiger partial charge in [-0.15, -0.1) is 0 Å². The van der Waals surface area contributed by atoms with E-state index >= 15 is 0 Å². The van der Waals surface area contributed by atoms with Crippen LogP contribution in [0.25, 0.3) is 0 Å². The highest BCUT2D eigenvalue weighted by atomic mass is 32.3. The molecular weight excluding hydrogens is 644 g/mol. The molecule has 0 rings (SSSR count). The highest BCUT2D eigenvalue weighted by molar-refractivity contribution is 7.80. The molecule has 0 aliphatic heterocycles. The number of hydrogen-bond acceptors (Lipinski definition) is 6. The van der Waals surface area contributed by atoms with E-state index in [-0.39, 0.29) is 6.92 Å². The molecule has 1 amide bonds. The molecule has 27 heteroatoms. The SMILES string of the molecule is CC(COS(=O)(=O)O)N(F)C(=O)C(F)(OC(F)(F)C(F)(OC(F)(F)C(F)(F)C(F)(F)F)C(F)(F)F)C(F)(F)F. The van der Waals surface area contributed by atoms with Crippen molar-refractivity contribution in [1.29, 1.82) is 0 Å². The molecule has 0 aromatic rings. The van der Waals surface area contributed by atoms with E-state index in [2.05, 4.69) is 4.18 Å². The fraction of sp³-hybridized carbons (Fsp3) is 0.917. The molecule has 234 valence electrons. The Bertz CT molecular complexity index is 994. The van der Waals surface area contributed by atoms with Gasteiger partial charge in [0.2, 0.25) is 0 Å². The number of amides is 1. The average molecular weight is 651 g/mol. The lowest BCUT2D eigenvalue weighted by Crippen LogP contribution is -2.69. The monoisotopic (exact) mass is 651 g/mol. The van der Waals surface area contributed by atoms with Gasteiger partial charge in [0.15, 0.2) is 0 Å². The summed E-state index contributed by atoms with van der Waals surface area (Å²) >= 11 is 0. The Morgan fingerprint density at radius 1 is 0.744 bits per heavy atom. The van der Waals surface area contributed by atoms with Crippen LogP contribution in [0.2, 0.25) is 0 Å². The van der Waals surface area contributed by atoms with Crippen LogP contribution in [0.1, 0.15) is 6.92 Å². The summed E-state index contributed by atoms with van der Waals surface area (Å²) in [5.74, 6) is -28.0. The van der Waals surface area contributed by atoms with Gasteiger partial charge in [0.1, 0.15) is 0 Å². The topological polar surface area (TPSA) is 102 Å². The van der Waals surface area contributed by atoms with Gasteiger partial charge in [0.05, 0.1) is 12.6 Å². The summed E-state index contributed by atoms with van der Waals surface area (Å²) in [7, 11) is -5.62. The smallest absolute Gasteiger partial charge is 0.265 e. The van der Waals surface area contributed by atoms with Crippen LogP contribution in [-0.4, -0.2) is 85.0 Å². The quantitative estimate of drug-likeness (QED) is 0.195. The van der Waals surface area contributed by atoms with Crippen molar-refractivity contribution < 1.29 is 111 Å². The molecule has 8 nitrogen and oxygen atoms in total. The van der Waals surface area contributed by atoms with Crippen molar-refractivity contribution in [2.45, 2.75) is 61.3 Å².